The number of hydrogen-bond donors (Lipinski definition) is 2. The number of hydrogen-bond acceptors (Lipinski definition) is 7. The Morgan fingerprint density at radius 1 is 1.21 bits per heavy atom. The van der Waals surface area contributed by atoms with E-state index in [1.807, 2.05) is 23.1 Å². The van der Waals surface area contributed by atoms with Gasteiger partial charge >= 0.3 is 0 Å². The summed E-state index contributed by atoms with van der Waals surface area (Å²) in [6.07, 6.45) is 3.01. The monoisotopic (exact) mass is 532 g/mol. The summed E-state index contributed by atoms with van der Waals surface area (Å²) in [5, 5.41) is 16.6. The van der Waals surface area contributed by atoms with Gasteiger partial charge in [-0.1, -0.05) is 18.2 Å². The Labute approximate surface area is 221 Å². The molecule has 0 saturated carbocycles. The van der Waals surface area contributed by atoms with Crippen LogP contribution >= 0.6 is 0 Å². The average Bonchev–Trinajstić information content (AvgIpc) is 3.44. The molecule has 0 bridgehead atoms. The van der Waals surface area contributed by atoms with Gasteiger partial charge in [-0.3, -0.25) is 14.7 Å². The van der Waals surface area contributed by atoms with Crippen molar-refractivity contribution in [3.63, 3.8) is 0 Å². The van der Waals surface area contributed by atoms with Gasteiger partial charge in [-0.2, -0.15) is 5.01 Å². The zero-order valence-corrected chi connectivity index (χ0v) is 21.9. The van der Waals surface area contributed by atoms with Crippen LogP contribution in [0.5, 0.6) is 0 Å². The maximum Gasteiger partial charge on any atom is 0.266 e. The van der Waals surface area contributed by atoms with Crippen molar-refractivity contribution in [2.24, 2.45) is 4.99 Å². The van der Waals surface area contributed by atoms with E-state index in [2.05, 4.69) is 27.0 Å². The van der Waals surface area contributed by atoms with Gasteiger partial charge in [0.25, 0.3) is 12.3 Å². The standard InChI is InChI=1S/C27H35F3N6O2/c1-16-11-20(37)14-35(16)19-7-9-34(10-8-19)23-12-18(13-36-26(23)31-15-33(36)3)27(38)32-17(2)21-5-4-6-22(24(21)28)25(29)30/h4-6,12-13,16-17,19-20,25,37H,7-11,14-15H2,1-3H3,(H,32,38)/t16-,17+,20-/m0/s1. The first kappa shape index (κ1) is 26.7. The molecular formula is C27H35F3N6O2. The van der Waals surface area contributed by atoms with E-state index >= 15 is 0 Å². The van der Waals surface area contributed by atoms with Crippen LogP contribution < -0.4 is 5.32 Å². The number of carbonyl (C=O) groups excluding carboxylic acids is 1. The van der Waals surface area contributed by atoms with Gasteiger partial charge in [-0.25, -0.2) is 18.2 Å². The second-order valence-electron chi connectivity index (χ2n) is 10.6. The molecule has 0 aliphatic carbocycles. The minimum Gasteiger partial charge on any atom is -0.392 e. The maximum absolute atomic E-state index is 14.7. The van der Waals surface area contributed by atoms with Gasteiger partial charge in [-0.15, -0.1) is 0 Å². The van der Waals surface area contributed by atoms with E-state index in [4.69, 9.17) is 0 Å². The molecule has 2 saturated heterocycles. The summed E-state index contributed by atoms with van der Waals surface area (Å²) < 4.78 is 41.0. The fraction of sp³-hybridized carbons (Fsp3) is 0.556. The Bertz CT molecular complexity index is 1160. The summed E-state index contributed by atoms with van der Waals surface area (Å²) in [7, 11) is 1.88. The molecule has 5 rings (SSSR count). The van der Waals surface area contributed by atoms with Crippen molar-refractivity contribution < 1.29 is 23.1 Å². The number of aliphatic imine (C=N–C) groups is 1. The molecule has 0 unspecified atom stereocenters. The summed E-state index contributed by atoms with van der Waals surface area (Å²) in [4.78, 5) is 22.6. The molecule has 3 atom stereocenters. The Morgan fingerprint density at radius 3 is 2.58 bits per heavy atom. The molecule has 0 radical (unpaired) electrons. The summed E-state index contributed by atoms with van der Waals surface area (Å²) >= 11 is 0. The minimum absolute atomic E-state index is 0.0145. The van der Waals surface area contributed by atoms with Gasteiger partial charge < -0.3 is 15.3 Å². The third kappa shape index (κ3) is 5.06. The highest BCUT2D eigenvalue weighted by Crippen LogP contribution is 2.31. The van der Waals surface area contributed by atoms with Crippen LogP contribution in [0.25, 0.3) is 0 Å². The number of likely N-dealkylation sites (tertiary alicyclic amines) is 2. The number of aliphatic hydroxyl groups is 1. The summed E-state index contributed by atoms with van der Waals surface area (Å²) in [5.74, 6) is -0.650. The lowest BCUT2D eigenvalue weighted by atomic mass is 10.00. The van der Waals surface area contributed by atoms with Crippen LogP contribution in [-0.2, 0) is 4.79 Å². The highest BCUT2D eigenvalue weighted by atomic mass is 19.3. The van der Waals surface area contributed by atoms with Gasteiger partial charge in [0.15, 0.2) is 5.84 Å². The number of piperidine rings is 1. The Morgan fingerprint density at radius 2 is 1.92 bits per heavy atom. The number of aliphatic hydroxyl groups excluding tert-OH is 1. The van der Waals surface area contributed by atoms with Crippen LogP contribution in [0.15, 0.2) is 46.7 Å². The topological polar surface area (TPSA) is 74.7 Å². The van der Waals surface area contributed by atoms with Crippen molar-refractivity contribution in [1.82, 2.24) is 25.1 Å². The van der Waals surface area contributed by atoms with Crippen LogP contribution in [0, 0.1) is 5.82 Å². The van der Waals surface area contributed by atoms with Crippen LogP contribution in [0.4, 0.5) is 13.2 Å². The lowest BCUT2D eigenvalue weighted by Crippen LogP contribution is -2.49. The zero-order chi connectivity index (χ0) is 27.1. The van der Waals surface area contributed by atoms with Crippen molar-refractivity contribution in [1.29, 1.82) is 0 Å². The highest BCUT2D eigenvalue weighted by molar-refractivity contribution is 6.06. The van der Waals surface area contributed by atoms with Crippen molar-refractivity contribution in [2.75, 3.05) is 33.4 Å². The lowest BCUT2D eigenvalue weighted by Gasteiger charge is -2.41. The third-order valence-electron chi connectivity index (χ3n) is 8.04. The molecule has 4 aliphatic rings. The van der Waals surface area contributed by atoms with Crippen molar-refractivity contribution in [3.8, 4) is 0 Å². The first-order valence-corrected chi connectivity index (χ1v) is 13.2. The molecule has 1 aromatic rings. The fourth-order valence-corrected chi connectivity index (χ4v) is 5.97. The Balaban J connectivity index is 1.32. The molecule has 8 nitrogen and oxygen atoms in total. The molecule has 38 heavy (non-hydrogen) atoms. The summed E-state index contributed by atoms with van der Waals surface area (Å²) in [6.45, 7) is 6.51. The molecule has 0 aromatic heterocycles. The van der Waals surface area contributed by atoms with E-state index in [1.54, 1.807) is 13.1 Å². The lowest BCUT2D eigenvalue weighted by molar-refractivity contribution is -0.117. The second-order valence-corrected chi connectivity index (χ2v) is 10.6. The molecular weight excluding hydrogens is 497 g/mol. The van der Waals surface area contributed by atoms with Gasteiger partial charge in [0.05, 0.1) is 29.0 Å². The number of rotatable bonds is 6. The molecule has 0 spiro atoms. The van der Waals surface area contributed by atoms with Gasteiger partial charge in [0.2, 0.25) is 0 Å². The van der Waals surface area contributed by atoms with E-state index in [-0.39, 0.29) is 11.7 Å². The molecule has 1 amide bonds. The van der Waals surface area contributed by atoms with Crippen LogP contribution in [-0.4, -0.2) is 88.2 Å². The summed E-state index contributed by atoms with van der Waals surface area (Å²) in [5.41, 5.74) is 0.570. The van der Waals surface area contributed by atoms with Crippen LogP contribution in [0.2, 0.25) is 0 Å². The molecule has 1 aromatic carbocycles. The smallest absolute Gasteiger partial charge is 0.266 e. The molecule has 11 heteroatoms. The molecule has 2 fully saturated rings. The SMILES string of the molecule is C[C@@H](NC(=O)C1=CN2C(=NCN2C)C(N2CCC(N3C[C@@H](O)C[C@@H]3C)CC2)=C1)c1cccc(C(F)F)c1F. The third-order valence-corrected chi connectivity index (χ3v) is 8.04. The molecule has 4 aliphatic heterocycles. The zero-order valence-electron chi connectivity index (χ0n) is 21.9. The van der Waals surface area contributed by atoms with Crippen molar-refractivity contribution in [3.05, 3.63) is 58.7 Å². The van der Waals surface area contributed by atoms with Crippen molar-refractivity contribution >= 4 is 11.7 Å². The average molecular weight is 533 g/mol. The number of nitrogens with zero attached hydrogens (tertiary/aromatic N) is 5. The number of amidine groups is 1. The van der Waals surface area contributed by atoms with Gasteiger partial charge in [-0.05, 0) is 39.2 Å². The van der Waals surface area contributed by atoms with E-state index in [0.29, 0.717) is 30.9 Å². The molecule has 4 heterocycles. The van der Waals surface area contributed by atoms with E-state index in [0.717, 1.165) is 50.0 Å². The van der Waals surface area contributed by atoms with E-state index in [9.17, 15) is 23.1 Å². The number of benzene rings is 1. The summed E-state index contributed by atoms with van der Waals surface area (Å²) in [6, 6.07) is 3.80. The Hall–Kier alpha value is -2.89. The number of β-amino-alcohol motifs (C(OH)–C–C–N with tert-alkyl or cyclic N) is 1. The number of nitrogens with one attached hydrogen (secondary N) is 1. The number of carbonyl (C=O) groups is 1. The molecule has 2 N–H and O–H groups in total. The largest absolute Gasteiger partial charge is 0.392 e. The predicted molar refractivity (Wildman–Crippen MR) is 137 cm³/mol. The van der Waals surface area contributed by atoms with Gasteiger partial charge in [0.1, 0.15) is 12.5 Å². The van der Waals surface area contributed by atoms with Gasteiger partial charge in [0, 0.05) is 50.5 Å². The highest BCUT2D eigenvalue weighted by Gasteiger charge is 2.37. The number of amides is 1. The second kappa shape index (κ2) is 10.7. The quantitative estimate of drug-likeness (QED) is 0.587. The Kier molecular flexibility index (Phi) is 7.52. The fourth-order valence-electron chi connectivity index (χ4n) is 5.97. The number of fused-ring (bicyclic) bond motifs is 1. The minimum atomic E-state index is -2.93. The van der Waals surface area contributed by atoms with Crippen LogP contribution in [0.3, 0.4) is 0 Å². The number of hydrazine groups is 1. The first-order valence-electron chi connectivity index (χ1n) is 13.2. The first-order chi connectivity index (χ1) is 18.1. The van der Waals surface area contributed by atoms with Crippen molar-refractivity contribution in [2.45, 2.75) is 63.8 Å². The normalized spacial score (nSPS) is 25.8. The van der Waals surface area contributed by atoms with E-state index in [1.165, 1.54) is 12.1 Å². The van der Waals surface area contributed by atoms with Crippen LogP contribution in [0.1, 0.15) is 56.7 Å². The van der Waals surface area contributed by atoms with E-state index < -0.39 is 29.8 Å². The predicted octanol–water partition coefficient (Wildman–Crippen LogP) is 3.16. The maximum atomic E-state index is 14.7. The number of alkyl halides is 2. The molecule has 206 valence electrons. The number of halogens is 3.